The minimum atomic E-state index is 0. The van der Waals surface area contributed by atoms with Crippen LogP contribution in [0.25, 0.3) is 0 Å². The van der Waals surface area contributed by atoms with Gasteiger partial charge in [-0.25, -0.2) is 0 Å². The standard InChI is InChI=1S/C20H24N2O2.ClH/c1-15-20-8-7-19(24-2)13-17(20)10-12-22(15)11-9-16-3-5-18(6-4-16)21-14-23;/h3-8,13-15H,9-12H2,1-2H3,(H,21,23);1H. The van der Waals surface area contributed by atoms with Crippen molar-refractivity contribution in [1.82, 2.24) is 4.90 Å². The number of fused-ring (bicyclic) bond motifs is 1. The molecule has 0 saturated carbocycles. The highest BCUT2D eigenvalue weighted by Gasteiger charge is 2.23. The van der Waals surface area contributed by atoms with Crippen LogP contribution >= 0.6 is 12.4 Å². The van der Waals surface area contributed by atoms with Crippen molar-refractivity contribution in [2.24, 2.45) is 0 Å². The Morgan fingerprint density at radius 3 is 2.68 bits per heavy atom. The van der Waals surface area contributed by atoms with Crippen LogP contribution < -0.4 is 10.1 Å². The summed E-state index contributed by atoms with van der Waals surface area (Å²) in [5.74, 6) is 0.943. The number of halogens is 1. The highest BCUT2D eigenvalue weighted by atomic mass is 35.5. The molecule has 1 aliphatic rings. The number of rotatable bonds is 6. The third-order valence-electron chi connectivity index (χ3n) is 4.88. The van der Waals surface area contributed by atoms with Gasteiger partial charge < -0.3 is 10.1 Å². The second-order valence-corrected chi connectivity index (χ2v) is 6.24. The Kier molecular flexibility index (Phi) is 6.85. The Balaban J connectivity index is 0.00000225. The summed E-state index contributed by atoms with van der Waals surface area (Å²) in [4.78, 5) is 13.0. The Labute approximate surface area is 155 Å². The molecule has 1 N–H and O–H groups in total. The van der Waals surface area contributed by atoms with Gasteiger partial charge in [-0.3, -0.25) is 9.69 Å². The number of carbonyl (C=O) groups excluding carboxylic acids is 1. The number of hydrogen-bond donors (Lipinski definition) is 1. The Morgan fingerprint density at radius 1 is 1.24 bits per heavy atom. The Hall–Kier alpha value is -2.04. The van der Waals surface area contributed by atoms with Crippen LogP contribution in [0.5, 0.6) is 5.75 Å². The summed E-state index contributed by atoms with van der Waals surface area (Å²) in [6.07, 6.45) is 2.78. The number of amides is 1. The van der Waals surface area contributed by atoms with Crippen LogP contribution in [0.15, 0.2) is 42.5 Å². The predicted molar refractivity (Wildman–Crippen MR) is 104 cm³/mol. The fraction of sp³-hybridized carbons (Fsp3) is 0.350. The molecule has 1 aliphatic heterocycles. The second-order valence-electron chi connectivity index (χ2n) is 6.24. The number of nitrogens with one attached hydrogen (secondary N) is 1. The van der Waals surface area contributed by atoms with Crippen LogP contribution in [0.2, 0.25) is 0 Å². The van der Waals surface area contributed by atoms with Gasteiger partial charge in [-0.15, -0.1) is 12.4 Å². The quantitative estimate of drug-likeness (QED) is 0.795. The number of methoxy groups -OCH3 is 1. The maximum absolute atomic E-state index is 10.4. The molecule has 2 aromatic carbocycles. The Bertz CT molecular complexity index is 703. The molecule has 0 spiro atoms. The topological polar surface area (TPSA) is 41.6 Å². The van der Waals surface area contributed by atoms with Gasteiger partial charge >= 0.3 is 0 Å². The van der Waals surface area contributed by atoms with Gasteiger partial charge in [-0.05, 0) is 60.7 Å². The average Bonchev–Trinajstić information content (AvgIpc) is 2.62. The number of ether oxygens (including phenoxy) is 1. The van der Waals surface area contributed by atoms with Crippen molar-refractivity contribution in [3.63, 3.8) is 0 Å². The number of hydrogen-bond acceptors (Lipinski definition) is 3. The van der Waals surface area contributed by atoms with Gasteiger partial charge in [0, 0.05) is 24.8 Å². The lowest BCUT2D eigenvalue weighted by Gasteiger charge is -2.35. The van der Waals surface area contributed by atoms with Crippen molar-refractivity contribution in [3.05, 3.63) is 59.2 Å². The molecule has 0 aromatic heterocycles. The second kappa shape index (κ2) is 8.88. The van der Waals surface area contributed by atoms with E-state index in [1.807, 2.05) is 12.1 Å². The normalized spacial score (nSPS) is 16.5. The Morgan fingerprint density at radius 2 is 2.00 bits per heavy atom. The van der Waals surface area contributed by atoms with E-state index in [0.29, 0.717) is 12.5 Å². The van der Waals surface area contributed by atoms with Crippen LogP contribution in [0.4, 0.5) is 5.69 Å². The maximum atomic E-state index is 10.4. The van der Waals surface area contributed by atoms with E-state index < -0.39 is 0 Å². The fourth-order valence-corrected chi connectivity index (χ4v) is 3.40. The number of benzene rings is 2. The fourth-order valence-electron chi connectivity index (χ4n) is 3.40. The lowest BCUT2D eigenvalue weighted by Crippen LogP contribution is -2.35. The molecule has 134 valence electrons. The molecule has 1 unspecified atom stereocenters. The first-order chi connectivity index (χ1) is 11.7. The van der Waals surface area contributed by atoms with Crippen molar-refractivity contribution in [1.29, 1.82) is 0 Å². The van der Waals surface area contributed by atoms with E-state index in [4.69, 9.17) is 4.74 Å². The van der Waals surface area contributed by atoms with Gasteiger partial charge in [0.1, 0.15) is 5.75 Å². The van der Waals surface area contributed by atoms with Crippen molar-refractivity contribution >= 4 is 24.5 Å². The molecule has 2 aromatic rings. The first-order valence-corrected chi connectivity index (χ1v) is 8.41. The van der Waals surface area contributed by atoms with Crippen LogP contribution in [0, 0.1) is 0 Å². The summed E-state index contributed by atoms with van der Waals surface area (Å²) in [5.41, 5.74) is 4.94. The van der Waals surface area contributed by atoms with E-state index in [0.717, 1.165) is 37.4 Å². The minimum absolute atomic E-state index is 0. The molecule has 25 heavy (non-hydrogen) atoms. The molecule has 5 heteroatoms. The lowest BCUT2D eigenvalue weighted by atomic mass is 9.93. The zero-order chi connectivity index (χ0) is 16.9. The lowest BCUT2D eigenvalue weighted by molar-refractivity contribution is -0.105. The van der Waals surface area contributed by atoms with Gasteiger partial charge in [0.25, 0.3) is 0 Å². The van der Waals surface area contributed by atoms with Gasteiger partial charge in [0.2, 0.25) is 6.41 Å². The highest BCUT2D eigenvalue weighted by molar-refractivity contribution is 5.85. The molecule has 0 aliphatic carbocycles. The molecule has 0 saturated heterocycles. The summed E-state index contributed by atoms with van der Waals surface area (Å²) < 4.78 is 5.33. The molecule has 3 rings (SSSR count). The molecule has 1 amide bonds. The number of nitrogens with zero attached hydrogens (tertiary/aromatic N) is 1. The van der Waals surface area contributed by atoms with E-state index in [9.17, 15) is 4.79 Å². The molecule has 1 heterocycles. The highest BCUT2D eigenvalue weighted by Crippen LogP contribution is 2.31. The summed E-state index contributed by atoms with van der Waals surface area (Å²) in [6, 6.07) is 14.9. The van der Waals surface area contributed by atoms with E-state index in [2.05, 4.69) is 47.5 Å². The van der Waals surface area contributed by atoms with Crippen LogP contribution in [0.1, 0.15) is 29.7 Å². The van der Waals surface area contributed by atoms with E-state index >= 15 is 0 Å². The zero-order valence-corrected chi connectivity index (χ0v) is 15.5. The molecular weight excluding hydrogens is 336 g/mol. The molecule has 0 radical (unpaired) electrons. The van der Waals surface area contributed by atoms with Crippen molar-refractivity contribution < 1.29 is 9.53 Å². The SMILES string of the molecule is COc1ccc2c(c1)CCN(CCc1ccc(NC=O)cc1)C2C.Cl. The average molecular weight is 361 g/mol. The third kappa shape index (κ3) is 4.53. The number of carbonyl (C=O) groups is 1. The monoisotopic (exact) mass is 360 g/mol. The first kappa shape index (κ1) is 19.3. The zero-order valence-electron chi connectivity index (χ0n) is 14.7. The van der Waals surface area contributed by atoms with Crippen LogP contribution in [-0.4, -0.2) is 31.5 Å². The molecule has 4 nitrogen and oxygen atoms in total. The maximum Gasteiger partial charge on any atom is 0.211 e. The van der Waals surface area contributed by atoms with Crippen molar-refractivity contribution in [2.75, 3.05) is 25.5 Å². The van der Waals surface area contributed by atoms with E-state index in [1.165, 1.54) is 16.7 Å². The minimum Gasteiger partial charge on any atom is -0.497 e. The largest absolute Gasteiger partial charge is 0.497 e. The van der Waals surface area contributed by atoms with E-state index in [1.54, 1.807) is 7.11 Å². The van der Waals surface area contributed by atoms with Gasteiger partial charge in [-0.1, -0.05) is 18.2 Å². The summed E-state index contributed by atoms with van der Waals surface area (Å²) in [5, 5.41) is 2.67. The third-order valence-corrected chi connectivity index (χ3v) is 4.88. The van der Waals surface area contributed by atoms with E-state index in [-0.39, 0.29) is 12.4 Å². The summed E-state index contributed by atoms with van der Waals surface area (Å²) in [6.45, 7) is 4.39. The van der Waals surface area contributed by atoms with Gasteiger partial charge in [0.05, 0.1) is 7.11 Å². The van der Waals surface area contributed by atoms with Crippen LogP contribution in [-0.2, 0) is 17.6 Å². The van der Waals surface area contributed by atoms with Crippen molar-refractivity contribution in [2.45, 2.75) is 25.8 Å². The number of anilines is 1. The predicted octanol–water partition coefficient (Wildman–Crippen LogP) is 3.85. The van der Waals surface area contributed by atoms with Gasteiger partial charge in [-0.2, -0.15) is 0 Å². The van der Waals surface area contributed by atoms with Crippen molar-refractivity contribution in [3.8, 4) is 5.75 Å². The molecule has 0 bridgehead atoms. The first-order valence-electron chi connectivity index (χ1n) is 8.41. The van der Waals surface area contributed by atoms with Gasteiger partial charge in [0.15, 0.2) is 0 Å². The van der Waals surface area contributed by atoms with Crippen LogP contribution in [0.3, 0.4) is 0 Å². The smallest absolute Gasteiger partial charge is 0.211 e. The summed E-state index contributed by atoms with van der Waals surface area (Å²) in [7, 11) is 1.72. The molecule has 0 fully saturated rings. The summed E-state index contributed by atoms with van der Waals surface area (Å²) >= 11 is 0. The molecule has 1 atom stereocenters. The molecular formula is C20H25ClN2O2.